The van der Waals surface area contributed by atoms with Gasteiger partial charge in [0, 0.05) is 18.1 Å². The standard InChI is InChI=1S/C13H18N2/c1-9-6-10(2)13-11(7-9)8-12(4-5-14)15(13)3/h6-8H,4-5,14H2,1-3H3. The van der Waals surface area contributed by atoms with Gasteiger partial charge in [-0.3, -0.25) is 0 Å². The predicted molar refractivity (Wildman–Crippen MR) is 65.2 cm³/mol. The lowest BCUT2D eigenvalue weighted by Crippen LogP contribution is -2.06. The van der Waals surface area contributed by atoms with Gasteiger partial charge in [-0.2, -0.15) is 0 Å². The molecule has 1 heterocycles. The number of nitrogens with zero attached hydrogens (tertiary/aromatic N) is 1. The Balaban J connectivity index is 2.70. The van der Waals surface area contributed by atoms with Crippen LogP contribution >= 0.6 is 0 Å². The maximum absolute atomic E-state index is 5.61. The number of fused-ring (bicyclic) bond motifs is 1. The molecule has 0 spiro atoms. The van der Waals surface area contributed by atoms with Crippen LogP contribution in [0.4, 0.5) is 0 Å². The van der Waals surface area contributed by atoms with Crippen molar-refractivity contribution in [1.29, 1.82) is 0 Å². The molecule has 1 aromatic heterocycles. The van der Waals surface area contributed by atoms with Crippen LogP contribution in [0.15, 0.2) is 18.2 Å². The van der Waals surface area contributed by atoms with Crippen molar-refractivity contribution < 1.29 is 0 Å². The summed E-state index contributed by atoms with van der Waals surface area (Å²) in [4.78, 5) is 0. The first-order chi connectivity index (χ1) is 7.13. The van der Waals surface area contributed by atoms with Gasteiger partial charge in [0.25, 0.3) is 0 Å². The molecule has 0 amide bonds. The van der Waals surface area contributed by atoms with Crippen LogP contribution in [0.3, 0.4) is 0 Å². The molecule has 2 rings (SSSR count). The van der Waals surface area contributed by atoms with Crippen molar-refractivity contribution in [2.45, 2.75) is 20.3 Å². The van der Waals surface area contributed by atoms with Crippen LogP contribution in [-0.4, -0.2) is 11.1 Å². The van der Waals surface area contributed by atoms with Crippen molar-refractivity contribution in [3.8, 4) is 0 Å². The Bertz CT molecular complexity index is 495. The normalized spacial score (nSPS) is 11.2. The molecule has 2 aromatic rings. The lowest BCUT2D eigenvalue weighted by molar-refractivity contribution is 0.826. The van der Waals surface area contributed by atoms with Gasteiger partial charge < -0.3 is 10.3 Å². The van der Waals surface area contributed by atoms with Gasteiger partial charge in [0.05, 0.1) is 5.52 Å². The van der Waals surface area contributed by atoms with Crippen molar-refractivity contribution in [3.05, 3.63) is 35.0 Å². The highest BCUT2D eigenvalue weighted by atomic mass is 14.9. The summed E-state index contributed by atoms with van der Waals surface area (Å²) in [6.07, 6.45) is 0.948. The molecule has 2 nitrogen and oxygen atoms in total. The lowest BCUT2D eigenvalue weighted by atomic mass is 10.1. The van der Waals surface area contributed by atoms with Crippen LogP contribution in [0.5, 0.6) is 0 Å². The van der Waals surface area contributed by atoms with Gasteiger partial charge in [-0.25, -0.2) is 0 Å². The zero-order valence-corrected chi connectivity index (χ0v) is 9.67. The summed E-state index contributed by atoms with van der Waals surface area (Å²) in [6, 6.07) is 6.72. The smallest absolute Gasteiger partial charge is 0.0509 e. The van der Waals surface area contributed by atoms with Gasteiger partial charge in [0.15, 0.2) is 0 Å². The van der Waals surface area contributed by atoms with Crippen LogP contribution in [0.2, 0.25) is 0 Å². The van der Waals surface area contributed by atoms with Crippen molar-refractivity contribution in [2.75, 3.05) is 6.54 Å². The number of aromatic nitrogens is 1. The molecule has 0 aliphatic rings. The van der Waals surface area contributed by atoms with E-state index in [-0.39, 0.29) is 0 Å². The Morgan fingerprint density at radius 2 is 1.93 bits per heavy atom. The maximum Gasteiger partial charge on any atom is 0.0509 e. The van der Waals surface area contributed by atoms with Crippen molar-refractivity contribution in [2.24, 2.45) is 12.8 Å². The minimum absolute atomic E-state index is 0.711. The lowest BCUT2D eigenvalue weighted by Gasteiger charge is -2.05. The second kappa shape index (κ2) is 3.70. The molecule has 0 atom stereocenters. The third kappa shape index (κ3) is 1.65. The molecular weight excluding hydrogens is 184 g/mol. The monoisotopic (exact) mass is 202 g/mol. The molecule has 0 unspecified atom stereocenters. The van der Waals surface area contributed by atoms with Crippen LogP contribution in [0.25, 0.3) is 10.9 Å². The second-order valence-corrected chi connectivity index (χ2v) is 4.25. The number of benzene rings is 1. The van der Waals surface area contributed by atoms with Gasteiger partial charge >= 0.3 is 0 Å². The summed E-state index contributed by atoms with van der Waals surface area (Å²) in [5, 5.41) is 1.33. The minimum Gasteiger partial charge on any atom is -0.347 e. The third-order valence-electron chi connectivity index (χ3n) is 2.96. The van der Waals surface area contributed by atoms with Gasteiger partial charge in [-0.1, -0.05) is 11.6 Å². The molecule has 0 aliphatic carbocycles. The van der Waals surface area contributed by atoms with E-state index >= 15 is 0 Å². The highest BCUT2D eigenvalue weighted by molar-refractivity contribution is 5.85. The molecular formula is C13H18N2. The fourth-order valence-corrected chi connectivity index (χ4v) is 2.37. The van der Waals surface area contributed by atoms with E-state index in [4.69, 9.17) is 5.73 Å². The number of hydrogen-bond acceptors (Lipinski definition) is 1. The highest BCUT2D eigenvalue weighted by Crippen LogP contribution is 2.23. The Labute approximate surface area is 90.7 Å². The molecule has 2 heteroatoms. The first-order valence-corrected chi connectivity index (χ1v) is 5.39. The van der Waals surface area contributed by atoms with E-state index in [1.54, 1.807) is 0 Å². The van der Waals surface area contributed by atoms with Crippen LogP contribution in [0.1, 0.15) is 16.8 Å². The molecule has 0 fully saturated rings. The van der Waals surface area contributed by atoms with Gasteiger partial charge in [-0.05, 0) is 44.5 Å². The first-order valence-electron chi connectivity index (χ1n) is 5.39. The van der Waals surface area contributed by atoms with Gasteiger partial charge in [0.1, 0.15) is 0 Å². The Hall–Kier alpha value is -1.28. The maximum atomic E-state index is 5.61. The second-order valence-electron chi connectivity index (χ2n) is 4.25. The number of nitrogens with two attached hydrogens (primary N) is 1. The topological polar surface area (TPSA) is 30.9 Å². The minimum atomic E-state index is 0.711. The van der Waals surface area contributed by atoms with Crippen LogP contribution in [0, 0.1) is 13.8 Å². The Kier molecular flexibility index (Phi) is 2.53. The van der Waals surface area contributed by atoms with Crippen molar-refractivity contribution in [3.63, 3.8) is 0 Å². The summed E-state index contributed by atoms with van der Waals surface area (Å²) in [6.45, 7) is 5.02. The molecule has 1 aromatic carbocycles. The van der Waals surface area contributed by atoms with E-state index < -0.39 is 0 Å². The molecule has 0 saturated heterocycles. The van der Waals surface area contributed by atoms with Gasteiger partial charge in [0.2, 0.25) is 0 Å². The molecule has 2 N–H and O–H groups in total. The molecule has 0 saturated carbocycles. The number of rotatable bonds is 2. The van der Waals surface area contributed by atoms with E-state index in [0.29, 0.717) is 6.54 Å². The highest BCUT2D eigenvalue weighted by Gasteiger charge is 2.07. The Morgan fingerprint density at radius 1 is 1.20 bits per heavy atom. The number of aryl methyl sites for hydroxylation is 3. The molecule has 80 valence electrons. The Morgan fingerprint density at radius 3 is 2.60 bits per heavy atom. The van der Waals surface area contributed by atoms with Crippen molar-refractivity contribution in [1.82, 2.24) is 4.57 Å². The molecule has 0 aliphatic heterocycles. The van der Waals surface area contributed by atoms with Crippen LogP contribution in [-0.2, 0) is 13.5 Å². The van der Waals surface area contributed by atoms with E-state index in [1.165, 1.54) is 27.7 Å². The zero-order chi connectivity index (χ0) is 11.0. The van der Waals surface area contributed by atoms with E-state index in [2.05, 4.69) is 43.7 Å². The fourth-order valence-electron chi connectivity index (χ4n) is 2.37. The summed E-state index contributed by atoms with van der Waals surface area (Å²) < 4.78 is 2.26. The van der Waals surface area contributed by atoms with E-state index in [9.17, 15) is 0 Å². The fraction of sp³-hybridized carbons (Fsp3) is 0.385. The first kappa shape index (κ1) is 10.2. The quantitative estimate of drug-likeness (QED) is 0.796. The van der Waals surface area contributed by atoms with Crippen molar-refractivity contribution >= 4 is 10.9 Å². The largest absolute Gasteiger partial charge is 0.347 e. The molecule has 15 heavy (non-hydrogen) atoms. The summed E-state index contributed by atoms with van der Waals surface area (Å²) >= 11 is 0. The number of hydrogen-bond donors (Lipinski definition) is 1. The van der Waals surface area contributed by atoms with Crippen LogP contribution < -0.4 is 5.73 Å². The summed E-state index contributed by atoms with van der Waals surface area (Å²) in [5.41, 5.74) is 10.9. The zero-order valence-electron chi connectivity index (χ0n) is 9.67. The average molecular weight is 202 g/mol. The van der Waals surface area contributed by atoms with Gasteiger partial charge in [-0.15, -0.1) is 0 Å². The summed E-state index contributed by atoms with van der Waals surface area (Å²) in [7, 11) is 2.12. The average Bonchev–Trinajstić information content (AvgIpc) is 2.43. The summed E-state index contributed by atoms with van der Waals surface area (Å²) in [5.74, 6) is 0. The van der Waals surface area contributed by atoms with E-state index in [1.807, 2.05) is 0 Å². The third-order valence-corrected chi connectivity index (χ3v) is 2.96. The molecule has 0 bridgehead atoms. The SMILES string of the molecule is Cc1cc(C)c2c(c1)cc(CCN)n2C. The predicted octanol–water partition coefficient (Wildman–Crippen LogP) is 2.30. The molecule has 0 radical (unpaired) electrons. The van der Waals surface area contributed by atoms with E-state index in [0.717, 1.165) is 6.42 Å².